The lowest BCUT2D eigenvalue weighted by Gasteiger charge is -2.42. The van der Waals surface area contributed by atoms with Gasteiger partial charge in [-0.3, -0.25) is 9.69 Å². The number of carbonyl (C=O) groups is 1. The van der Waals surface area contributed by atoms with Gasteiger partial charge in [-0.2, -0.15) is 0 Å². The summed E-state index contributed by atoms with van der Waals surface area (Å²) in [5.74, 6) is 1.27. The fourth-order valence-corrected chi connectivity index (χ4v) is 4.58. The lowest BCUT2D eigenvalue weighted by Crippen LogP contribution is -2.52. The van der Waals surface area contributed by atoms with Gasteiger partial charge in [0.15, 0.2) is 0 Å². The molecular formula is C19H36N4O. The van der Waals surface area contributed by atoms with Gasteiger partial charge in [0, 0.05) is 57.8 Å². The lowest BCUT2D eigenvalue weighted by atomic mass is 9.94. The van der Waals surface area contributed by atoms with Crippen molar-refractivity contribution in [2.24, 2.45) is 11.8 Å². The van der Waals surface area contributed by atoms with Crippen LogP contribution in [-0.2, 0) is 4.79 Å². The average molecular weight is 337 g/mol. The number of hydrogen-bond acceptors (Lipinski definition) is 4. The summed E-state index contributed by atoms with van der Waals surface area (Å²) in [7, 11) is 0. The molecule has 0 radical (unpaired) electrons. The highest BCUT2D eigenvalue weighted by Crippen LogP contribution is 2.23. The van der Waals surface area contributed by atoms with Crippen molar-refractivity contribution in [1.29, 1.82) is 0 Å². The number of piperidine rings is 2. The molecule has 24 heavy (non-hydrogen) atoms. The molecule has 3 aliphatic heterocycles. The number of amides is 1. The van der Waals surface area contributed by atoms with E-state index in [9.17, 15) is 4.79 Å². The summed E-state index contributed by atoms with van der Waals surface area (Å²) in [5.41, 5.74) is 0. The van der Waals surface area contributed by atoms with Gasteiger partial charge in [-0.1, -0.05) is 13.8 Å². The monoisotopic (exact) mass is 336 g/mol. The molecule has 3 fully saturated rings. The van der Waals surface area contributed by atoms with Crippen molar-refractivity contribution >= 4 is 5.91 Å². The topological polar surface area (TPSA) is 38.8 Å². The maximum Gasteiger partial charge on any atom is 0.225 e. The number of piperazine rings is 1. The third-order valence-electron chi connectivity index (χ3n) is 6.16. The van der Waals surface area contributed by atoms with E-state index in [1.165, 1.54) is 58.4 Å². The van der Waals surface area contributed by atoms with Crippen molar-refractivity contribution in [3.63, 3.8) is 0 Å². The van der Waals surface area contributed by atoms with Crippen molar-refractivity contribution in [2.75, 3.05) is 58.9 Å². The van der Waals surface area contributed by atoms with Crippen LogP contribution in [0.5, 0.6) is 0 Å². The molecule has 3 aliphatic rings. The van der Waals surface area contributed by atoms with Gasteiger partial charge in [-0.05, 0) is 44.7 Å². The Kier molecular flexibility index (Phi) is 6.53. The van der Waals surface area contributed by atoms with Crippen molar-refractivity contribution in [3.05, 3.63) is 0 Å². The average Bonchev–Trinajstić information content (AvgIpc) is 2.63. The first-order chi connectivity index (χ1) is 11.6. The SMILES string of the molecule is CC(C)C(=O)N1CCC(CN2CCC(N3CCNCC3)CC2)CC1. The summed E-state index contributed by atoms with van der Waals surface area (Å²) in [6.07, 6.45) is 5.06. The van der Waals surface area contributed by atoms with E-state index in [4.69, 9.17) is 0 Å². The zero-order valence-corrected chi connectivity index (χ0v) is 15.7. The van der Waals surface area contributed by atoms with Crippen molar-refractivity contribution in [3.8, 4) is 0 Å². The fourth-order valence-electron chi connectivity index (χ4n) is 4.58. The highest BCUT2D eigenvalue weighted by Gasteiger charge is 2.29. The van der Waals surface area contributed by atoms with E-state index in [0.29, 0.717) is 5.91 Å². The van der Waals surface area contributed by atoms with Gasteiger partial charge in [-0.15, -0.1) is 0 Å². The molecule has 0 aromatic heterocycles. The molecule has 1 N–H and O–H groups in total. The van der Waals surface area contributed by atoms with E-state index < -0.39 is 0 Å². The first kappa shape index (κ1) is 18.2. The minimum absolute atomic E-state index is 0.144. The van der Waals surface area contributed by atoms with Crippen LogP contribution in [0, 0.1) is 11.8 Å². The van der Waals surface area contributed by atoms with Crippen LogP contribution < -0.4 is 5.32 Å². The Labute approximate surface area is 147 Å². The van der Waals surface area contributed by atoms with E-state index in [0.717, 1.165) is 38.1 Å². The van der Waals surface area contributed by atoms with E-state index >= 15 is 0 Å². The van der Waals surface area contributed by atoms with Crippen LogP contribution in [0.3, 0.4) is 0 Å². The molecule has 0 saturated carbocycles. The van der Waals surface area contributed by atoms with Gasteiger partial charge < -0.3 is 15.1 Å². The fraction of sp³-hybridized carbons (Fsp3) is 0.947. The molecule has 0 aromatic carbocycles. The van der Waals surface area contributed by atoms with E-state index in [1.54, 1.807) is 0 Å². The van der Waals surface area contributed by atoms with Crippen LogP contribution >= 0.6 is 0 Å². The molecule has 3 heterocycles. The first-order valence-corrected chi connectivity index (χ1v) is 10.1. The van der Waals surface area contributed by atoms with Crippen LogP contribution in [0.15, 0.2) is 0 Å². The summed E-state index contributed by atoms with van der Waals surface area (Å²) in [6, 6.07) is 0.814. The number of nitrogens with one attached hydrogen (secondary N) is 1. The maximum atomic E-state index is 12.1. The van der Waals surface area contributed by atoms with Crippen LogP contribution in [0.25, 0.3) is 0 Å². The normalized spacial score (nSPS) is 26.2. The highest BCUT2D eigenvalue weighted by molar-refractivity contribution is 5.78. The Hall–Kier alpha value is -0.650. The van der Waals surface area contributed by atoms with Gasteiger partial charge in [0.05, 0.1) is 0 Å². The molecule has 3 rings (SSSR count). The molecule has 0 aliphatic carbocycles. The molecule has 0 unspecified atom stereocenters. The zero-order valence-electron chi connectivity index (χ0n) is 15.7. The van der Waals surface area contributed by atoms with Crippen molar-refractivity contribution in [1.82, 2.24) is 20.0 Å². The minimum Gasteiger partial charge on any atom is -0.342 e. The number of likely N-dealkylation sites (tertiary alicyclic amines) is 2. The van der Waals surface area contributed by atoms with Crippen LogP contribution in [0.1, 0.15) is 39.5 Å². The Morgan fingerprint density at radius 2 is 1.58 bits per heavy atom. The number of rotatable bonds is 4. The van der Waals surface area contributed by atoms with Gasteiger partial charge in [0.2, 0.25) is 5.91 Å². The number of nitrogens with zero attached hydrogens (tertiary/aromatic N) is 3. The number of carbonyl (C=O) groups excluding carboxylic acids is 1. The first-order valence-electron chi connectivity index (χ1n) is 10.1. The smallest absolute Gasteiger partial charge is 0.225 e. The summed E-state index contributed by atoms with van der Waals surface area (Å²) >= 11 is 0. The summed E-state index contributed by atoms with van der Waals surface area (Å²) in [4.78, 5) is 19.6. The number of hydrogen-bond donors (Lipinski definition) is 1. The lowest BCUT2D eigenvalue weighted by molar-refractivity contribution is -0.135. The van der Waals surface area contributed by atoms with Gasteiger partial charge in [0.25, 0.3) is 0 Å². The standard InChI is InChI=1S/C19H36N4O/c1-16(2)19(24)23-11-3-17(4-12-23)15-21-9-5-18(6-10-21)22-13-7-20-8-14-22/h16-18,20H,3-15H2,1-2H3. The maximum absolute atomic E-state index is 12.1. The van der Waals surface area contributed by atoms with E-state index in [1.807, 2.05) is 13.8 Å². The molecule has 5 nitrogen and oxygen atoms in total. The molecule has 0 bridgehead atoms. The summed E-state index contributed by atoms with van der Waals surface area (Å²) in [5, 5.41) is 3.46. The molecule has 1 amide bonds. The third-order valence-corrected chi connectivity index (χ3v) is 6.16. The highest BCUT2D eigenvalue weighted by atomic mass is 16.2. The van der Waals surface area contributed by atoms with Gasteiger partial charge >= 0.3 is 0 Å². The molecule has 0 aromatic rings. The summed E-state index contributed by atoms with van der Waals surface area (Å²) < 4.78 is 0. The quantitative estimate of drug-likeness (QED) is 0.839. The molecule has 5 heteroatoms. The second-order valence-corrected chi connectivity index (χ2v) is 8.24. The van der Waals surface area contributed by atoms with Crippen LogP contribution in [-0.4, -0.2) is 85.6 Å². The molecular weight excluding hydrogens is 300 g/mol. The Morgan fingerprint density at radius 1 is 0.958 bits per heavy atom. The van der Waals surface area contributed by atoms with E-state index in [-0.39, 0.29) is 5.92 Å². The predicted octanol–water partition coefficient (Wildman–Crippen LogP) is 1.25. The Balaban J connectivity index is 1.36. The van der Waals surface area contributed by atoms with Crippen LogP contribution in [0.4, 0.5) is 0 Å². The molecule has 0 spiro atoms. The van der Waals surface area contributed by atoms with Crippen molar-refractivity contribution in [2.45, 2.75) is 45.6 Å². The molecule has 0 atom stereocenters. The summed E-state index contributed by atoms with van der Waals surface area (Å²) in [6.45, 7) is 14.5. The second kappa shape index (κ2) is 8.63. The van der Waals surface area contributed by atoms with Gasteiger partial charge in [0.1, 0.15) is 0 Å². The van der Waals surface area contributed by atoms with Crippen molar-refractivity contribution < 1.29 is 4.79 Å². The second-order valence-electron chi connectivity index (χ2n) is 8.24. The predicted molar refractivity (Wildman–Crippen MR) is 98.0 cm³/mol. The third kappa shape index (κ3) is 4.70. The molecule has 3 saturated heterocycles. The van der Waals surface area contributed by atoms with Gasteiger partial charge in [-0.25, -0.2) is 0 Å². The van der Waals surface area contributed by atoms with E-state index in [2.05, 4.69) is 20.0 Å². The Morgan fingerprint density at radius 3 is 2.17 bits per heavy atom. The Bertz CT molecular complexity index is 392. The van der Waals surface area contributed by atoms with Crippen LogP contribution in [0.2, 0.25) is 0 Å². The molecule has 138 valence electrons. The zero-order chi connectivity index (χ0) is 16.9. The largest absolute Gasteiger partial charge is 0.342 e. The minimum atomic E-state index is 0.144.